The van der Waals surface area contributed by atoms with Crippen molar-refractivity contribution in [2.75, 3.05) is 19.6 Å². The van der Waals surface area contributed by atoms with E-state index >= 15 is 0 Å². The smallest absolute Gasteiger partial charge is 0.00980 e. The normalized spacial score (nSPS) is 35.6. The molecule has 0 aromatic heterocycles. The van der Waals surface area contributed by atoms with Gasteiger partial charge < -0.3 is 10.2 Å². The molecule has 3 atom stereocenters. The van der Waals surface area contributed by atoms with Gasteiger partial charge in [0.2, 0.25) is 0 Å². The molecule has 1 saturated carbocycles. The van der Waals surface area contributed by atoms with Gasteiger partial charge >= 0.3 is 0 Å². The number of hydrogen-bond acceptors (Lipinski definition) is 2. The lowest BCUT2D eigenvalue weighted by molar-refractivity contribution is 0.121. The first-order valence-electron chi connectivity index (χ1n) is 7.62. The van der Waals surface area contributed by atoms with Gasteiger partial charge in [-0.2, -0.15) is 0 Å². The highest BCUT2D eigenvalue weighted by Gasteiger charge is 2.30. The number of hydrogen-bond donors (Lipinski definition) is 1. The maximum absolute atomic E-state index is 3.61. The topological polar surface area (TPSA) is 15.3 Å². The third-order valence-corrected chi connectivity index (χ3v) is 4.55. The zero-order chi connectivity index (χ0) is 12.3. The van der Waals surface area contributed by atoms with Gasteiger partial charge in [0, 0.05) is 18.6 Å². The zero-order valence-electron chi connectivity index (χ0n) is 11.9. The van der Waals surface area contributed by atoms with Crippen molar-refractivity contribution in [2.45, 2.75) is 65.0 Å². The molecule has 2 fully saturated rings. The van der Waals surface area contributed by atoms with Crippen molar-refractivity contribution in [3.05, 3.63) is 0 Å². The second-order valence-electron chi connectivity index (χ2n) is 6.64. The van der Waals surface area contributed by atoms with Gasteiger partial charge in [-0.3, -0.25) is 0 Å². The number of likely N-dealkylation sites (tertiary alicyclic amines) is 1. The standard InChI is InChI=1S/C15H30N2/c1-12(2)16-10-14-5-4-8-17(11-14)15-7-6-13(3)9-15/h12-16H,4-11H2,1-3H3. The summed E-state index contributed by atoms with van der Waals surface area (Å²) in [7, 11) is 0. The van der Waals surface area contributed by atoms with Gasteiger partial charge in [-0.1, -0.05) is 20.8 Å². The number of piperidine rings is 1. The Labute approximate surface area is 107 Å². The fourth-order valence-electron chi connectivity index (χ4n) is 3.51. The molecular weight excluding hydrogens is 208 g/mol. The molecule has 0 spiro atoms. The Kier molecular flexibility index (Phi) is 4.87. The van der Waals surface area contributed by atoms with Crippen LogP contribution in [-0.4, -0.2) is 36.6 Å². The Morgan fingerprint density at radius 1 is 1.24 bits per heavy atom. The molecule has 0 aromatic carbocycles. The quantitative estimate of drug-likeness (QED) is 0.810. The van der Waals surface area contributed by atoms with Crippen molar-refractivity contribution in [3.8, 4) is 0 Å². The third kappa shape index (κ3) is 3.96. The molecule has 0 amide bonds. The Bertz CT molecular complexity index is 227. The fraction of sp³-hybridized carbons (Fsp3) is 1.00. The van der Waals surface area contributed by atoms with Crippen molar-refractivity contribution >= 4 is 0 Å². The highest BCUT2D eigenvalue weighted by molar-refractivity contribution is 4.85. The maximum Gasteiger partial charge on any atom is 0.00980 e. The first kappa shape index (κ1) is 13.4. The van der Waals surface area contributed by atoms with Crippen molar-refractivity contribution in [1.29, 1.82) is 0 Å². The molecule has 2 heteroatoms. The summed E-state index contributed by atoms with van der Waals surface area (Å²) < 4.78 is 0. The Balaban J connectivity index is 1.76. The molecule has 2 nitrogen and oxygen atoms in total. The molecule has 1 aliphatic carbocycles. The van der Waals surface area contributed by atoms with Crippen LogP contribution >= 0.6 is 0 Å². The lowest BCUT2D eigenvalue weighted by atomic mass is 9.96. The van der Waals surface area contributed by atoms with Crippen molar-refractivity contribution in [3.63, 3.8) is 0 Å². The summed E-state index contributed by atoms with van der Waals surface area (Å²) in [6, 6.07) is 1.55. The highest BCUT2D eigenvalue weighted by Crippen LogP contribution is 2.31. The van der Waals surface area contributed by atoms with Crippen LogP contribution in [0.15, 0.2) is 0 Å². The third-order valence-electron chi connectivity index (χ3n) is 4.55. The molecule has 2 aliphatic rings. The zero-order valence-corrected chi connectivity index (χ0v) is 11.9. The summed E-state index contributed by atoms with van der Waals surface area (Å²) >= 11 is 0. The van der Waals surface area contributed by atoms with Crippen LogP contribution in [0.25, 0.3) is 0 Å². The predicted molar refractivity (Wildman–Crippen MR) is 74.2 cm³/mol. The SMILES string of the molecule is CC1CCC(N2CCCC(CNC(C)C)C2)C1. The largest absolute Gasteiger partial charge is 0.314 e. The number of nitrogens with zero attached hydrogens (tertiary/aromatic N) is 1. The fourth-order valence-corrected chi connectivity index (χ4v) is 3.51. The van der Waals surface area contributed by atoms with Crippen LogP contribution < -0.4 is 5.32 Å². The summed E-state index contributed by atoms with van der Waals surface area (Å²) in [6.07, 6.45) is 7.19. The van der Waals surface area contributed by atoms with E-state index < -0.39 is 0 Å². The molecule has 1 aliphatic heterocycles. The van der Waals surface area contributed by atoms with E-state index in [0.29, 0.717) is 6.04 Å². The second kappa shape index (κ2) is 6.19. The monoisotopic (exact) mass is 238 g/mol. The summed E-state index contributed by atoms with van der Waals surface area (Å²) in [5.41, 5.74) is 0. The Morgan fingerprint density at radius 2 is 2.06 bits per heavy atom. The predicted octanol–water partition coefficient (Wildman–Crippen LogP) is 2.89. The molecule has 2 rings (SSSR count). The summed E-state index contributed by atoms with van der Waals surface area (Å²) in [5.74, 6) is 1.86. The first-order valence-corrected chi connectivity index (χ1v) is 7.62. The van der Waals surface area contributed by atoms with Crippen LogP contribution in [0.5, 0.6) is 0 Å². The van der Waals surface area contributed by atoms with E-state index in [4.69, 9.17) is 0 Å². The molecule has 0 aromatic rings. The first-order chi connectivity index (χ1) is 8.15. The lowest BCUT2D eigenvalue weighted by Crippen LogP contribution is -2.45. The highest BCUT2D eigenvalue weighted by atomic mass is 15.2. The van der Waals surface area contributed by atoms with Crippen molar-refractivity contribution in [1.82, 2.24) is 10.2 Å². The summed E-state index contributed by atoms with van der Waals surface area (Å²) in [5, 5.41) is 3.61. The average Bonchev–Trinajstić information content (AvgIpc) is 2.74. The molecule has 0 bridgehead atoms. The van der Waals surface area contributed by atoms with E-state index in [0.717, 1.165) is 17.9 Å². The van der Waals surface area contributed by atoms with Gasteiger partial charge in [-0.05, 0) is 57.0 Å². The molecule has 0 radical (unpaired) electrons. The van der Waals surface area contributed by atoms with Crippen LogP contribution in [0.1, 0.15) is 52.9 Å². The molecule has 100 valence electrons. The molecule has 1 N–H and O–H groups in total. The van der Waals surface area contributed by atoms with Crippen LogP contribution in [0, 0.1) is 11.8 Å². The summed E-state index contributed by atoms with van der Waals surface area (Å²) in [6.45, 7) is 10.8. The van der Waals surface area contributed by atoms with Crippen LogP contribution in [0.4, 0.5) is 0 Å². The summed E-state index contributed by atoms with van der Waals surface area (Å²) in [4.78, 5) is 2.79. The molecule has 1 heterocycles. The van der Waals surface area contributed by atoms with Crippen molar-refractivity contribution in [2.24, 2.45) is 11.8 Å². The van der Waals surface area contributed by atoms with E-state index in [1.54, 1.807) is 0 Å². The molecule has 1 saturated heterocycles. The van der Waals surface area contributed by atoms with Gasteiger partial charge in [0.15, 0.2) is 0 Å². The minimum Gasteiger partial charge on any atom is -0.314 e. The van der Waals surface area contributed by atoms with Gasteiger partial charge in [-0.15, -0.1) is 0 Å². The van der Waals surface area contributed by atoms with E-state index in [2.05, 4.69) is 31.0 Å². The number of nitrogens with one attached hydrogen (secondary N) is 1. The van der Waals surface area contributed by atoms with Crippen LogP contribution in [0.2, 0.25) is 0 Å². The Morgan fingerprint density at radius 3 is 2.71 bits per heavy atom. The van der Waals surface area contributed by atoms with E-state index in [1.165, 1.54) is 51.7 Å². The maximum atomic E-state index is 3.61. The average molecular weight is 238 g/mol. The van der Waals surface area contributed by atoms with Crippen molar-refractivity contribution < 1.29 is 0 Å². The number of rotatable bonds is 4. The van der Waals surface area contributed by atoms with Gasteiger partial charge in [0.25, 0.3) is 0 Å². The molecular formula is C15H30N2. The van der Waals surface area contributed by atoms with Crippen LogP contribution in [-0.2, 0) is 0 Å². The van der Waals surface area contributed by atoms with Crippen LogP contribution in [0.3, 0.4) is 0 Å². The Hall–Kier alpha value is -0.0800. The minimum atomic E-state index is 0.636. The van der Waals surface area contributed by atoms with E-state index in [9.17, 15) is 0 Å². The minimum absolute atomic E-state index is 0.636. The van der Waals surface area contributed by atoms with E-state index in [1.807, 2.05) is 0 Å². The molecule has 17 heavy (non-hydrogen) atoms. The lowest BCUT2D eigenvalue weighted by Gasteiger charge is -2.37. The van der Waals surface area contributed by atoms with Gasteiger partial charge in [-0.25, -0.2) is 0 Å². The van der Waals surface area contributed by atoms with E-state index in [-0.39, 0.29) is 0 Å². The second-order valence-corrected chi connectivity index (χ2v) is 6.64. The van der Waals surface area contributed by atoms with Gasteiger partial charge in [0.1, 0.15) is 0 Å². The molecule has 3 unspecified atom stereocenters. The van der Waals surface area contributed by atoms with Gasteiger partial charge in [0.05, 0.1) is 0 Å².